The van der Waals surface area contributed by atoms with Crippen molar-refractivity contribution >= 4 is 0 Å². The van der Waals surface area contributed by atoms with Gasteiger partial charge in [0.15, 0.2) is 0 Å². The molecule has 0 bridgehead atoms. The third-order valence-electron chi connectivity index (χ3n) is 3.07. The Kier molecular flexibility index (Phi) is 3.52. The maximum absolute atomic E-state index is 12.8. The number of rotatable bonds is 2. The van der Waals surface area contributed by atoms with Crippen molar-refractivity contribution in [3.8, 4) is 0 Å². The van der Waals surface area contributed by atoms with E-state index in [0.29, 0.717) is 11.3 Å². The van der Waals surface area contributed by atoms with Crippen LogP contribution < -0.4 is 5.73 Å². The van der Waals surface area contributed by atoms with Gasteiger partial charge in [-0.3, -0.25) is 4.98 Å². The molecule has 0 aliphatic carbocycles. The van der Waals surface area contributed by atoms with E-state index in [1.807, 2.05) is 0 Å². The van der Waals surface area contributed by atoms with Crippen molar-refractivity contribution in [2.24, 2.45) is 5.73 Å². The highest BCUT2D eigenvalue weighted by molar-refractivity contribution is 5.35. The van der Waals surface area contributed by atoms with Gasteiger partial charge in [-0.05, 0) is 36.8 Å². The Hall–Kier alpha value is -1.95. The Morgan fingerprint density at radius 1 is 0.950 bits per heavy atom. The largest absolute Gasteiger partial charge is 0.416 e. The number of nitrogens with zero attached hydrogens (tertiary/aromatic N) is 1. The van der Waals surface area contributed by atoms with E-state index in [1.165, 1.54) is 24.3 Å². The topological polar surface area (TPSA) is 38.9 Å². The normalized spacial score (nSPS) is 14.9. The molecular formula is C14H12F4N2. The number of hydrogen-bond donors (Lipinski definition) is 1. The van der Waals surface area contributed by atoms with Crippen LogP contribution in [0.4, 0.5) is 17.6 Å². The van der Waals surface area contributed by atoms with E-state index in [0.717, 1.165) is 18.3 Å². The van der Waals surface area contributed by atoms with E-state index in [9.17, 15) is 17.6 Å². The molecule has 1 atom stereocenters. The van der Waals surface area contributed by atoms with Crippen LogP contribution in [0.25, 0.3) is 0 Å². The summed E-state index contributed by atoms with van der Waals surface area (Å²) in [6.45, 7) is 1.61. The third-order valence-corrected chi connectivity index (χ3v) is 3.07. The van der Waals surface area contributed by atoms with Crippen molar-refractivity contribution in [2.45, 2.75) is 18.6 Å². The summed E-state index contributed by atoms with van der Waals surface area (Å²) in [5.41, 5.74) is 5.09. The van der Waals surface area contributed by atoms with Crippen LogP contribution in [0.1, 0.15) is 23.7 Å². The Morgan fingerprint density at radius 3 is 1.95 bits per heavy atom. The Balaban J connectivity index is 2.37. The fourth-order valence-electron chi connectivity index (χ4n) is 1.84. The first-order valence-corrected chi connectivity index (χ1v) is 5.80. The van der Waals surface area contributed by atoms with Crippen LogP contribution in [0.15, 0.2) is 42.6 Å². The number of benzene rings is 1. The molecule has 2 rings (SSSR count). The van der Waals surface area contributed by atoms with Crippen LogP contribution in [-0.2, 0) is 11.7 Å². The lowest BCUT2D eigenvalue weighted by atomic mass is 9.88. The van der Waals surface area contributed by atoms with Crippen LogP contribution in [-0.4, -0.2) is 4.98 Å². The van der Waals surface area contributed by atoms with E-state index in [-0.39, 0.29) is 0 Å². The van der Waals surface area contributed by atoms with Gasteiger partial charge in [-0.15, -0.1) is 0 Å². The standard InChI is InChI=1S/C14H12F4N2/c1-13(19,12-7-6-11(15)8-20-12)9-2-4-10(5-3-9)14(16,17)18/h2-8H,19H2,1H3. The lowest BCUT2D eigenvalue weighted by Gasteiger charge is -2.25. The molecule has 0 radical (unpaired) electrons. The Labute approximate surface area is 113 Å². The number of nitrogens with two attached hydrogens (primary N) is 1. The summed E-state index contributed by atoms with van der Waals surface area (Å²) in [5.74, 6) is -0.503. The highest BCUT2D eigenvalue weighted by Crippen LogP contribution is 2.31. The Bertz CT molecular complexity index is 586. The lowest BCUT2D eigenvalue weighted by Crippen LogP contribution is -2.35. The Morgan fingerprint density at radius 2 is 1.50 bits per heavy atom. The van der Waals surface area contributed by atoms with Gasteiger partial charge >= 0.3 is 6.18 Å². The van der Waals surface area contributed by atoms with Gasteiger partial charge in [0, 0.05) is 0 Å². The zero-order valence-electron chi connectivity index (χ0n) is 10.6. The van der Waals surface area contributed by atoms with E-state index in [2.05, 4.69) is 4.98 Å². The minimum atomic E-state index is -4.39. The first-order chi connectivity index (χ1) is 9.21. The maximum Gasteiger partial charge on any atom is 0.416 e. The SMILES string of the molecule is CC(N)(c1ccc(C(F)(F)F)cc1)c1ccc(F)cn1. The minimum absolute atomic E-state index is 0.374. The monoisotopic (exact) mass is 284 g/mol. The molecule has 2 aromatic rings. The predicted octanol–water partition coefficient (Wildman–Crippen LogP) is 3.46. The van der Waals surface area contributed by atoms with Gasteiger partial charge in [-0.2, -0.15) is 13.2 Å². The molecule has 2 N–H and O–H groups in total. The number of hydrogen-bond acceptors (Lipinski definition) is 2. The van der Waals surface area contributed by atoms with Gasteiger partial charge in [-0.25, -0.2) is 4.39 Å². The molecule has 0 spiro atoms. The van der Waals surface area contributed by atoms with Crippen molar-refractivity contribution in [3.05, 3.63) is 65.2 Å². The van der Waals surface area contributed by atoms with Crippen molar-refractivity contribution in [3.63, 3.8) is 0 Å². The van der Waals surface area contributed by atoms with Gasteiger partial charge in [-0.1, -0.05) is 12.1 Å². The second-order valence-corrected chi connectivity index (χ2v) is 4.64. The van der Waals surface area contributed by atoms with Crippen LogP contribution in [0.2, 0.25) is 0 Å². The zero-order valence-corrected chi connectivity index (χ0v) is 10.6. The molecule has 6 heteroatoms. The number of aromatic nitrogens is 1. The summed E-state index contributed by atoms with van der Waals surface area (Å²) in [5, 5.41) is 0. The highest BCUT2D eigenvalue weighted by atomic mass is 19.4. The minimum Gasteiger partial charge on any atom is -0.317 e. The maximum atomic E-state index is 12.8. The summed E-state index contributed by atoms with van der Waals surface area (Å²) >= 11 is 0. The predicted molar refractivity (Wildman–Crippen MR) is 66.3 cm³/mol. The summed E-state index contributed by atoms with van der Waals surface area (Å²) in [7, 11) is 0. The molecule has 1 heterocycles. The second kappa shape index (κ2) is 4.86. The molecule has 0 aliphatic heterocycles. The molecular weight excluding hydrogens is 272 g/mol. The smallest absolute Gasteiger partial charge is 0.317 e. The molecule has 0 fully saturated rings. The molecule has 1 aromatic heterocycles. The molecule has 0 saturated carbocycles. The average Bonchev–Trinajstić information content (AvgIpc) is 2.38. The van der Waals surface area contributed by atoms with Crippen molar-refractivity contribution in [2.75, 3.05) is 0 Å². The molecule has 106 valence electrons. The number of pyridine rings is 1. The molecule has 0 aliphatic rings. The van der Waals surface area contributed by atoms with E-state index < -0.39 is 23.1 Å². The quantitative estimate of drug-likeness (QED) is 0.858. The van der Waals surface area contributed by atoms with Crippen molar-refractivity contribution in [1.29, 1.82) is 0 Å². The first-order valence-electron chi connectivity index (χ1n) is 5.80. The van der Waals surface area contributed by atoms with Gasteiger partial charge in [0.1, 0.15) is 5.82 Å². The van der Waals surface area contributed by atoms with Crippen LogP contribution in [0.5, 0.6) is 0 Å². The molecule has 1 aromatic carbocycles. The zero-order chi connectivity index (χ0) is 15.0. The van der Waals surface area contributed by atoms with E-state index in [4.69, 9.17) is 5.73 Å². The van der Waals surface area contributed by atoms with Crippen molar-refractivity contribution in [1.82, 2.24) is 4.98 Å². The summed E-state index contributed by atoms with van der Waals surface area (Å²) in [4.78, 5) is 3.88. The fourth-order valence-corrected chi connectivity index (χ4v) is 1.84. The number of halogens is 4. The highest BCUT2D eigenvalue weighted by Gasteiger charge is 2.31. The van der Waals surface area contributed by atoms with Gasteiger partial charge in [0.25, 0.3) is 0 Å². The molecule has 1 unspecified atom stereocenters. The van der Waals surface area contributed by atoms with E-state index >= 15 is 0 Å². The molecule has 20 heavy (non-hydrogen) atoms. The lowest BCUT2D eigenvalue weighted by molar-refractivity contribution is -0.137. The molecule has 0 saturated heterocycles. The fraction of sp³-hybridized carbons (Fsp3) is 0.214. The van der Waals surface area contributed by atoms with Gasteiger partial charge < -0.3 is 5.73 Å². The molecule has 2 nitrogen and oxygen atoms in total. The van der Waals surface area contributed by atoms with Crippen LogP contribution in [0.3, 0.4) is 0 Å². The average molecular weight is 284 g/mol. The van der Waals surface area contributed by atoms with Crippen LogP contribution >= 0.6 is 0 Å². The third kappa shape index (κ3) is 2.80. The van der Waals surface area contributed by atoms with Gasteiger partial charge in [0.2, 0.25) is 0 Å². The van der Waals surface area contributed by atoms with Crippen LogP contribution in [0, 0.1) is 5.82 Å². The summed E-state index contributed by atoms with van der Waals surface area (Å²) in [6, 6.07) is 7.14. The second-order valence-electron chi connectivity index (χ2n) is 4.64. The summed E-state index contributed by atoms with van der Waals surface area (Å²) in [6.07, 6.45) is -3.37. The molecule has 0 amide bonds. The summed E-state index contributed by atoms with van der Waals surface area (Å²) < 4.78 is 50.3. The van der Waals surface area contributed by atoms with E-state index in [1.54, 1.807) is 6.92 Å². The number of alkyl halides is 3. The van der Waals surface area contributed by atoms with Crippen molar-refractivity contribution < 1.29 is 17.6 Å². The first kappa shape index (κ1) is 14.5. The van der Waals surface area contributed by atoms with Gasteiger partial charge in [0.05, 0.1) is 23.0 Å².